The van der Waals surface area contributed by atoms with Gasteiger partial charge in [0.1, 0.15) is 17.4 Å². The molecule has 0 aromatic heterocycles. The zero-order valence-electron chi connectivity index (χ0n) is 16.7. The summed E-state index contributed by atoms with van der Waals surface area (Å²) in [7, 11) is 0. The van der Waals surface area contributed by atoms with E-state index < -0.39 is 11.9 Å². The van der Waals surface area contributed by atoms with Crippen molar-refractivity contribution in [2.75, 3.05) is 0 Å². The summed E-state index contributed by atoms with van der Waals surface area (Å²) < 4.78 is 0. The molecule has 4 rings (SSSR count). The minimum atomic E-state index is -0.632. The number of carbonyl (C=O) groups excluding carboxylic acids is 1. The largest absolute Gasteiger partial charge is 0.508 e. The van der Waals surface area contributed by atoms with Gasteiger partial charge in [0.2, 0.25) is 0 Å². The molecule has 0 radical (unpaired) electrons. The monoisotopic (exact) mass is 404 g/mol. The number of benzene rings is 4. The molecule has 0 aliphatic heterocycles. The maximum atomic E-state index is 13.1. The Bertz CT molecular complexity index is 1290. The van der Waals surface area contributed by atoms with Crippen LogP contribution in [-0.2, 0) is 4.79 Å². The number of fused-ring (bicyclic) bond motifs is 1. The van der Waals surface area contributed by atoms with Gasteiger partial charge in [0.05, 0.1) is 6.04 Å². The lowest BCUT2D eigenvalue weighted by Crippen LogP contribution is -2.30. The molecule has 0 fully saturated rings. The second-order valence-corrected chi connectivity index (χ2v) is 7.12. The minimum absolute atomic E-state index is 0.00754. The number of phenolic OH excluding ortho intramolecular Hbond substituents is 1. The number of carbonyl (C=O) groups is 1. The molecule has 0 bridgehead atoms. The zero-order chi connectivity index (χ0) is 21.6. The summed E-state index contributed by atoms with van der Waals surface area (Å²) in [6.07, 6.45) is 1.56. The summed E-state index contributed by atoms with van der Waals surface area (Å²) >= 11 is 0. The molecule has 2 N–H and O–H groups in total. The number of rotatable bonds is 5. The van der Waals surface area contributed by atoms with E-state index in [9.17, 15) is 15.2 Å². The van der Waals surface area contributed by atoms with Crippen LogP contribution in [-0.4, -0.2) is 11.0 Å². The summed E-state index contributed by atoms with van der Waals surface area (Å²) in [5.41, 5.74) is 2.15. The summed E-state index contributed by atoms with van der Waals surface area (Å²) in [4.78, 5) is 13.1. The Labute approximate surface area is 180 Å². The van der Waals surface area contributed by atoms with Gasteiger partial charge in [0, 0.05) is 5.56 Å². The predicted octanol–water partition coefficient (Wildman–Crippen LogP) is 5.36. The van der Waals surface area contributed by atoms with Crippen LogP contribution in [0.3, 0.4) is 0 Å². The molecule has 0 unspecified atom stereocenters. The number of amides is 1. The van der Waals surface area contributed by atoms with Gasteiger partial charge >= 0.3 is 0 Å². The molecular weight excluding hydrogens is 384 g/mol. The molecule has 0 saturated heterocycles. The molecule has 150 valence electrons. The van der Waals surface area contributed by atoms with E-state index in [-0.39, 0.29) is 11.3 Å². The van der Waals surface area contributed by atoms with Crippen molar-refractivity contribution in [3.63, 3.8) is 0 Å². The van der Waals surface area contributed by atoms with Crippen molar-refractivity contribution in [3.8, 4) is 11.8 Å². The molecule has 1 amide bonds. The Morgan fingerprint density at radius 1 is 0.871 bits per heavy atom. The Hall–Kier alpha value is -4.36. The average molecular weight is 404 g/mol. The number of nitrogens with zero attached hydrogens (tertiary/aromatic N) is 1. The van der Waals surface area contributed by atoms with Gasteiger partial charge in [-0.15, -0.1) is 0 Å². The Morgan fingerprint density at radius 3 is 2.23 bits per heavy atom. The van der Waals surface area contributed by atoms with Crippen LogP contribution in [0, 0.1) is 11.3 Å². The second kappa shape index (κ2) is 8.98. The first kappa shape index (κ1) is 19.9. The highest BCUT2D eigenvalue weighted by Gasteiger charge is 2.24. The third-order valence-corrected chi connectivity index (χ3v) is 5.12. The summed E-state index contributed by atoms with van der Waals surface area (Å²) in [6, 6.07) is 31.2. The number of aromatic hydroxyl groups is 1. The van der Waals surface area contributed by atoms with Crippen LogP contribution in [0.5, 0.6) is 5.75 Å². The fraction of sp³-hybridized carbons (Fsp3) is 0.0370. The van der Waals surface area contributed by atoms with Crippen molar-refractivity contribution in [2.45, 2.75) is 6.04 Å². The smallest absolute Gasteiger partial charge is 0.262 e. The van der Waals surface area contributed by atoms with Crippen LogP contribution < -0.4 is 5.32 Å². The molecule has 0 heterocycles. The maximum absolute atomic E-state index is 13.1. The van der Waals surface area contributed by atoms with Gasteiger partial charge in [-0.1, -0.05) is 91.0 Å². The van der Waals surface area contributed by atoms with Crippen molar-refractivity contribution in [3.05, 3.63) is 119 Å². The highest BCUT2D eigenvalue weighted by molar-refractivity contribution is 6.02. The van der Waals surface area contributed by atoms with Gasteiger partial charge in [0.25, 0.3) is 5.91 Å². The maximum Gasteiger partial charge on any atom is 0.262 e. The van der Waals surface area contributed by atoms with Crippen molar-refractivity contribution in [1.82, 2.24) is 5.32 Å². The van der Waals surface area contributed by atoms with E-state index in [0.717, 1.165) is 21.9 Å². The van der Waals surface area contributed by atoms with Crippen LogP contribution >= 0.6 is 0 Å². The lowest BCUT2D eigenvalue weighted by molar-refractivity contribution is -0.117. The van der Waals surface area contributed by atoms with Crippen LogP contribution in [0.25, 0.3) is 16.8 Å². The van der Waals surface area contributed by atoms with Crippen LogP contribution in [0.15, 0.2) is 103 Å². The molecule has 4 nitrogen and oxygen atoms in total. The first-order valence-corrected chi connectivity index (χ1v) is 9.90. The molecule has 0 aliphatic carbocycles. The highest BCUT2D eigenvalue weighted by Crippen LogP contribution is 2.36. The highest BCUT2D eigenvalue weighted by atomic mass is 16.3. The van der Waals surface area contributed by atoms with E-state index in [1.807, 2.05) is 97.1 Å². The second-order valence-electron chi connectivity index (χ2n) is 7.12. The van der Waals surface area contributed by atoms with Crippen LogP contribution in [0.1, 0.15) is 22.7 Å². The number of hydrogen-bond donors (Lipinski definition) is 2. The fourth-order valence-corrected chi connectivity index (χ4v) is 3.63. The average Bonchev–Trinajstić information content (AvgIpc) is 2.82. The lowest BCUT2D eigenvalue weighted by Gasteiger charge is -2.22. The molecule has 1 atom stereocenters. The van der Waals surface area contributed by atoms with Gasteiger partial charge in [-0.2, -0.15) is 5.26 Å². The standard InChI is InChI=1S/C27H20N2O2/c28-18-22(17-19-9-3-1-4-10-19)27(31)29-26(21-12-5-2-6-13-21)25-23-14-8-7-11-20(23)15-16-24(25)30/h1-17,26,30H,(H,29,31)/b22-17+/t26-/m1/s1. The quantitative estimate of drug-likeness (QED) is 0.347. The summed E-state index contributed by atoms with van der Waals surface area (Å²) in [6.45, 7) is 0. The van der Waals surface area contributed by atoms with E-state index in [0.29, 0.717) is 5.56 Å². The molecule has 0 aliphatic rings. The topological polar surface area (TPSA) is 73.1 Å². The number of phenols is 1. The van der Waals surface area contributed by atoms with Gasteiger partial charge in [-0.3, -0.25) is 4.79 Å². The molecule has 4 aromatic rings. The van der Waals surface area contributed by atoms with Crippen molar-refractivity contribution in [2.24, 2.45) is 0 Å². The summed E-state index contributed by atoms with van der Waals surface area (Å²) in [5, 5.41) is 25.1. The van der Waals surface area contributed by atoms with E-state index in [1.54, 1.807) is 12.1 Å². The lowest BCUT2D eigenvalue weighted by atomic mass is 9.92. The number of hydrogen-bond acceptors (Lipinski definition) is 3. The molecule has 31 heavy (non-hydrogen) atoms. The molecule has 4 heteroatoms. The minimum Gasteiger partial charge on any atom is -0.508 e. The third kappa shape index (κ3) is 4.31. The van der Waals surface area contributed by atoms with Crippen LogP contribution in [0.2, 0.25) is 0 Å². The number of nitrogens with one attached hydrogen (secondary N) is 1. The first-order chi connectivity index (χ1) is 15.2. The normalized spacial score (nSPS) is 12.2. The Kier molecular flexibility index (Phi) is 5.77. The van der Waals surface area contributed by atoms with Crippen molar-refractivity contribution in [1.29, 1.82) is 5.26 Å². The SMILES string of the molecule is N#C/C(=C\c1ccccc1)C(=O)N[C@H](c1ccccc1)c1c(O)ccc2ccccc12. The molecule has 0 spiro atoms. The Morgan fingerprint density at radius 2 is 1.52 bits per heavy atom. The van der Waals surface area contributed by atoms with E-state index >= 15 is 0 Å². The Balaban J connectivity index is 1.80. The summed E-state index contributed by atoms with van der Waals surface area (Å²) in [5.74, 6) is -0.425. The van der Waals surface area contributed by atoms with Gasteiger partial charge in [-0.05, 0) is 34.0 Å². The van der Waals surface area contributed by atoms with Gasteiger partial charge < -0.3 is 10.4 Å². The van der Waals surface area contributed by atoms with Crippen LogP contribution in [0.4, 0.5) is 0 Å². The van der Waals surface area contributed by atoms with E-state index in [1.165, 1.54) is 0 Å². The zero-order valence-corrected chi connectivity index (χ0v) is 16.7. The molecule has 0 saturated carbocycles. The van der Waals surface area contributed by atoms with Crippen molar-refractivity contribution >= 4 is 22.8 Å². The molecular formula is C27H20N2O2. The predicted molar refractivity (Wildman–Crippen MR) is 122 cm³/mol. The van der Waals surface area contributed by atoms with Crippen molar-refractivity contribution < 1.29 is 9.90 Å². The van der Waals surface area contributed by atoms with E-state index in [4.69, 9.17) is 0 Å². The first-order valence-electron chi connectivity index (χ1n) is 9.90. The fourth-order valence-electron chi connectivity index (χ4n) is 3.63. The third-order valence-electron chi connectivity index (χ3n) is 5.12. The van der Waals surface area contributed by atoms with Gasteiger partial charge in [0.15, 0.2) is 0 Å². The van der Waals surface area contributed by atoms with Gasteiger partial charge in [-0.25, -0.2) is 0 Å². The molecule has 4 aromatic carbocycles. The van der Waals surface area contributed by atoms with E-state index in [2.05, 4.69) is 5.32 Å². The number of nitriles is 1.